The van der Waals surface area contributed by atoms with Crippen molar-refractivity contribution < 1.29 is 27.8 Å². The maximum atomic E-state index is 13.9. The van der Waals surface area contributed by atoms with Gasteiger partial charge in [-0.15, -0.1) is 0 Å². The number of fused-ring (bicyclic) bond motifs is 5. The van der Waals surface area contributed by atoms with Gasteiger partial charge in [0.2, 0.25) is 0 Å². The third kappa shape index (κ3) is 5.19. The molecule has 1 aliphatic carbocycles. The Balaban J connectivity index is 1.47. The Labute approximate surface area is 282 Å². The maximum absolute atomic E-state index is 13.9. The lowest BCUT2D eigenvalue weighted by Crippen LogP contribution is -2.16. The number of aliphatic hydroxyl groups excluding tert-OH is 1. The quantitative estimate of drug-likeness (QED) is 0.315. The van der Waals surface area contributed by atoms with E-state index in [1.165, 1.54) is 14.2 Å². The Morgan fingerprint density at radius 2 is 1.76 bits per heavy atom. The van der Waals surface area contributed by atoms with Gasteiger partial charge >= 0.3 is 12.1 Å². The van der Waals surface area contributed by atoms with Crippen LogP contribution in [-0.4, -0.2) is 45.1 Å². The first-order valence-corrected chi connectivity index (χ1v) is 16.4. The Morgan fingerprint density at radius 1 is 1.04 bits per heavy atom. The lowest BCUT2D eigenvalue weighted by molar-refractivity contribution is -0.143. The highest BCUT2D eigenvalue weighted by molar-refractivity contribution is 6.22. The average molecular weight is 671 g/mol. The van der Waals surface area contributed by atoms with Crippen molar-refractivity contribution in [2.75, 3.05) is 7.11 Å². The first kappa shape index (κ1) is 32.5. The molecule has 1 aromatic rings. The molecule has 49 heavy (non-hydrogen) atoms. The molecule has 0 amide bonds. The largest absolute Gasteiger partial charge is 0.511 e. The summed E-state index contributed by atoms with van der Waals surface area (Å²) in [6.07, 6.45) is 2.80. The van der Waals surface area contributed by atoms with E-state index >= 15 is 0 Å². The molecule has 0 radical (unpaired) electrons. The number of alkyl halides is 3. The van der Waals surface area contributed by atoms with Crippen molar-refractivity contribution in [3.05, 3.63) is 103 Å². The summed E-state index contributed by atoms with van der Waals surface area (Å²) in [4.78, 5) is 27.3. The van der Waals surface area contributed by atoms with Crippen LogP contribution in [-0.2, 0) is 22.8 Å². The molecule has 254 valence electrons. The van der Waals surface area contributed by atoms with Crippen LogP contribution in [0.1, 0.15) is 71.7 Å². The number of allylic oxidation sites excluding steroid dienone is 12. The monoisotopic (exact) mass is 670 g/mol. The molecule has 6 heterocycles. The highest BCUT2D eigenvalue weighted by Crippen LogP contribution is 2.47. The highest BCUT2D eigenvalue weighted by Gasteiger charge is 2.42. The highest BCUT2D eigenvalue weighted by atomic mass is 19.4. The van der Waals surface area contributed by atoms with Gasteiger partial charge in [0.1, 0.15) is 11.5 Å². The number of nitrogens with zero attached hydrogens (tertiary/aromatic N) is 5. The van der Waals surface area contributed by atoms with Crippen molar-refractivity contribution >= 4 is 28.7 Å². The molecule has 5 aliphatic heterocycles. The first-order valence-electron chi connectivity index (χ1n) is 16.4. The molecule has 0 spiro atoms. The van der Waals surface area contributed by atoms with E-state index in [0.29, 0.717) is 58.9 Å². The van der Waals surface area contributed by atoms with Crippen LogP contribution in [0, 0.1) is 11.8 Å². The van der Waals surface area contributed by atoms with Gasteiger partial charge in [-0.1, -0.05) is 13.8 Å². The second-order valence-corrected chi connectivity index (χ2v) is 13.1. The molecule has 0 aromatic carbocycles. The normalized spacial score (nSPS) is 23.3. The number of aliphatic imine (C=N–C) groups is 3. The minimum Gasteiger partial charge on any atom is -0.511 e. The number of aryl methyl sites for hydroxylation is 1. The van der Waals surface area contributed by atoms with Crippen molar-refractivity contribution in [2.24, 2.45) is 33.9 Å². The van der Waals surface area contributed by atoms with E-state index in [-0.39, 0.29) is 35.7 Å². The number of carbonyl (C=O) groups is 1. The average Bonchev–Trinajstić information content (AvgIpc) is 3.86. The smallest absolute Gasteiger partial charge is 0.433 e. The lowest BCUT2D eigenvalue weighted by Gasteiger charge is -2.17. The third-order valence-corrected chi connectivity index (χ3v) is 10.4. The molecular weight excluding hydrogens is 633 g/mol. The molecule has 12 heteroatoms. The Morgan fingerprint density at radius 3 is 2.43 bits per heavy atom. The van der Waals surface area contributed by atoms with Crippen molar-refractivity contribution in [1.82, 2.24) is 15.1 Å². The van der Waals surface area contributed by atoms with Gasteiger partial charge in [0.15, 0.2) is 0 Å². The summed E-state index contributed by atoms with van der Waals surface area (Å²) >= 11 is 0. The zero-order valence-corrected chi connectivity index (χ0v) is 28.4. The molecule has 7 rings (SSSR count). The van der Waals surface area contributed by atoms with E-state index in [4.69, 9.17) is 19.7 Å². The second-order valence-electron chi connectivity index (χ2n) is 13.1. The lowest BCUT2D eigenvalue weighted by atomic mass is 9.86. The number of rotatable bonds is 5. The number of carbonyl (C=O) groups excluding carboxylic acids is 1. The molecule has 8 bridgehead atoms. The third-order valence-electron chi connectivity index (χ3n) is 10.4. The number of nitrogens with one attached hydrogen (secondary N) is 1. The second kappa shape index (κ2) is 11.6. The van der Waals surface area contributed by atoms with E-state index in [9.17, 15) is 23.1 Å². The van der Waals surface area contributed by atoms with E-state index in [1.807, 2.05) is 45.9 Å². The van der Waals surface area contributed by atoms with Gasteiger partial charge in [0.25, 0.3) is 0 Å². The van der Waals surface area contributed by atoms with E-state index in [2.05, 4.69) is 17.3 Å². The van der Waals surface area contributed by atoms with Crippen LogP contribution in [0.3, 0.4) is 0 Å². The van der Waals surface area contributed by atoms with Crippen LogP contribution in [0.5, 0.6) is 0 Å². The zero-order chi connectivity index (χ0) is 35.1. The van der Waals surface area contributed by atoms with Gasteiger partial charge in [-0.05, 0) is 80.2 Å². The van der Waals surface area contributed by atoms with Crippen molar-refractivity contribution in [2.45, 2.75) is 66.5 Å². The molecular formula is C37H37F3N6O3. The number of aromatic nitrogens is 2. The van der Waals surface area contributed by atoms with Crippen LogP contribution in [0.15, 0.2) is 107 Å². The molecule has 0 saturated carbocycles. The van der Waals surface area contributed by atoms with Gasteiger partial charge in [-0.3, -0.25) is 9.48 Å². The topological polar surface area (TPSA) is 113 Å². The Bertz CT molecular complexity index is 2110. The van der Waals surface area contributed by atoms with E-state index in [1.54, 1.807) is 0 Å². The number of hydrogen-bond acceptors (Lipinski definition) is 8. The predicted molar refractivity (Wildman–Crippen MR) is 181 cm³/mol. The summed E-state index contributed by atoms with van der Waals surface area (Å²) < 4.78 is 47.5. The Hall–Kier alpha value is -5.00. The predicted octanol–water partition coefficient (Wildman–Crippen LogP) is 7.52. The summed E-state index contributed by atoms with van der Waals surface area (Å²) in [5.41, 5.74) is 10.4. The van der Waals surface area contributed by atoms with Crippen molar-refractivity contribution in [3.8, 4) is 0 Å². The maximum Gasteiger partial charge on any atom is 0.433 e. The number of halogens is 3. The molecule has 1 aromatic heterocycles. The van der Waals surface area contributed by atoms with Crippen LogP contribution in [0.4, 0.5) is 13.2 Å². The fourth-order valence-corrected chi connectivity index (χ4v) is 7.66. The van der Waals surface area contributed by atoms with Crippen LogP contribution in [0.2, 0.25) is 0 Å². The minimum absolute atomic E-state index is 0.0944. The molecule has 6 aliphatic rings. The molecule has 1 fully saturated rings. The van der Waals surface area contributed by atoms with Crippen molar-refractivity contribution in [3.63, 3.8) is 0 Å². The summed E-state index contributed by atoms with van der Waals surface area (Å²) in [5.74, 6) is -0.292. The molecule has 2 N–H and O–H groups in total. The summed E-state index contributed by atoms with van der Waals surface area (Å²) in [7, 11) is 2.65. The summed E-state index contributed by atoms with van der Waals surface area (Å²) in [6.45, 7) is 9.88. The number of hydrogen-bond donors (Lipinski definition) is 2. The number of ether oxygens (including phenoxy) is 1. The fourth-order valence-electron chi connectivity index (χ4n) is 7.66. The number of aliphatic hydroxyl groups is 1. The molecule has 0 unspecified atom stereocenters. The minimum atomic E-state index is -4.58. The molecule has 9 nitrogen and oxygen atoms in total. The SMILES string of the molecule is CCC1=C(C)C2=NC1=CC1=C(C)C3=C(O)CC(=C4NC(=CC5=NC(=C2)C(c2cc(C(F)(F)F)n(C)n2)=C5C)[C@@H](C)[C@@H]4CCC(=O)OC)C3=N1. The standard InChI is InChI=1S/C37H37F3N6O3/c1-8-20-16(2)23-14-28-33(29-15-31(37(38,39)40)46(6)45-29)18(4)25(42-28)12-24-17(3)21(9-10-32(48)49-7)35(43-24)22-11-30(47)34-19(5)26(44-36(22)34)13-27(20)41-23/h12-15,17,21,43,47H,8-11H2,1-7H3/t17-,21-/m0/s1. The van der Waals surface area contributed by atoms with E-state index in [0.717, 1.165) is 55.7 Å². The van der Waals surface area contributed by atoms with Crippen LogP contribution >= 0.6 is 0 Å². The van der Waals surface area contributed by atoms with E-state index < -0.39 is 11.9 Å². The number of esters is 1. The number of methoxy groups -OCH3 is 1. The van der Waals surface area contributed by atoms with Gasteiger partial charge in [0, 0.05) is 59.8 Å². The van der Waals surface area contributed by atoms with Crippen LogP contribution < -0.4 is 5.32 Å². The zero-order valence-electron chi connectivity index (χ0n) is 28.4. The first-order chi connectivity index (χ1) is 23.2. The summed E-state index contributed by atoms with van der Waals surface area (Å²) in [5, 5.41) is 19.2. The molecule has 1 saturated heterocycles. The molecule has 2 atom stereocenters. The van der Waals surface area contributed by atoms with Crippen LogP contribution in [0.25, 0.3) is 5.57 Å². The van der Waals surface area contributed by atoms with Gasteiger partial charge in [0.05, 0.1) is 47.0 Å². The van der Waals surface area contributed by atoms with Gasteiger partial charge < -0.3 is 15.2 Å². The Kier molecular flexibility index (Phi) is 7.68. The van der Waals surface area contributed by atoms with Gasteiger partial charge in [-0.2, -0.15) is 18.3 Å². The van der Waals surface area contributed by atoms with Gasteiger partial charge in [-0.25, -0.2) is 15.0 Å². The summed E-state index contributed by atoms with van der Waals surface area (Å²) in [6, 6.07) is 1.06. The fraction of sp³-hybridized carbons (Fsp3) is 0.378. The van der Waals surface area contributed by atoms with Crippen molar-refractivity contribution in [1.29, 1.82) is 0 Å².